The Hall–Kier alpha value is -4.84. The molecule has 2 aromatic heterocycles. The summed E-state index contributed by atoms with van der Waals surface area (Å²) in [5.74, 6) is 2.66. The largest absolute Gasteiger partial charge is 0.433 e. The first kappa shape index (κ1) is 21.7. The fourth-order valence-corrected chi connectivity index (χ4v) is 4.53. The maximum Gasteiger partial charge on any atom is 0.267 e. The lowest BCUT2D eigenvalue weighted by atomic mass is 10.1. The SMILES string of the molecule is CC1=C(c2ccccc2)O/C(=C2/OC(c3ccccc3)=C(C)N2c2cccnc2)N1c1cccnc1. The Kier molecular flexibility index (Phi) is 5.46. The minimum Gasteiger partial charge on any atom is -0.433 e. The highest BCUT2D eigenvalue weighted by Crippen LogP contribution is 2.46. The van der Waals surface area contributed by atoms with Crippen LogP contribution in [0, 0.1) is 0 Å². The molecular formula is C30H24N4O2. The van der Waals surface area contributed by atoms with Crippen LogP contribution >= 0.6 is 0 Å². The van der Waals surface area contributed by atoms with Crippen LogP contribution in [-0.4, -0.2) is 9.97 Å². The molecule has 0 amide bonds. The third-order valence-corrected chi connectivity index (χ3v) is 6.19. The van der Waals surface area contributed by atoms with Gasteiger partial charge < -0.3 is 9.47 Å². The van der Waals surface area contributed by atoms with E-state index in [2.05, 4.69) is 19.8 Å². The molecular weight excluding hydrogens is 448 g/mol. The van der Waals surface area contributed by atoms with Gasteiger partial charge in [0.1, 0.15) is 0 Å². The molecule has 6 rings (SSSR count). The fourth-order valence-electron chi connectivity index (χ4n) is 4.53. The fraction of sp³-hybridized carbons (Fsp3) is 0.0667. The molecule has 0 saturated heterocycles. The Morgan fingerprint density at radius 1 is 0.528 bits per heavy atom. The zero-order valence-corrected chi connectivity index (χ0v) is 20.0. The van der Waals surface area contributed by atoms with Crippen molar-refractivity contribution in [3.05, 3.63) is 144 Å². The van der Waals surface area contributed by atoms with Crippen LogP contribution in [-0.2, 0) is 9.47 Å². The van der Waals surface area contributed by atoms with Gasteiger partial charge in [0.15, 0.2) is 11.5 Å². The van der Waals surface area contributed by atoms with Crippen molar-refractivity contribution in [3.8, 4) is 0 Å². The van der Waals surface area contributed by atoms with Gasteiger partial charge in [0, 0.05) is 23.5 Å². The van der Waals surface area contributed by atoms with Crippen molar-refractivity contribution in [2.45, 2.75) is 13.8 Å². The molecule has 4 heterocycles. The number of rotatable bonds is 4. The van der Waals surface area contributed by atoms with Crippen LogP contribution in [0.25, 0.3) is 11.5 Å². The molecule has 0 aliphatic carbocycles. The molecule has 0 spiro atoms. The number of allylic oxidation sites excluding steroid dienone is 2. The quantitative estimate of drug-likeness (QED) is 0.327. The average Bonchev–Trinajstić information content (AvgIpc) is 3.47. The molecule has 0 bridgehead atoms. The van der Waals surface area contributed by atoms with E-state index >= 15 is 0 Å². The Bertz CT molecular complexity index is 1370. The molecule has 0 fully saturated rings. The highest BCUT2D eigenvalue weighted by atomic mass is 16.6. The van der Waals surface area contributed by atoms with Crippen LogP contribution in [0.3, 0.4) is 0 Å². The van der Waals surface area contributed by atoms with Gasteiger partial charge in [-0.15, -0.1) is 0 Å². The maximum atomic E-state index is 6.64. The summed E-state index contributed by atoms with van der Waals surface area (Å²) < 4.78 is 13.3. The predicted molar refractivity (Wildman–Crippen MR) is 141 cm³/mol. The second kappa shape index (κ2) is 9.07. The topological polar surface area (TPSA) is 50.7 Å². The lowest BCUT2D eigenvalue weighted by Crippen LogP contribution is -2.25. The number of hydrogen-bond donors (Lipinski definition) is 0. The van der Waals surface area contributed by atoms with Crippen LogP contribution in [0.15, 0.2) is 133 Å². The molecule has 176 valence electrons. The zero-order chi connectivity index (χ0) is 24.5. The number of nitrogens with zero attached hydrogens (tertiary/aromatic N) is 4. The van der Waals surface area contributed by atoms with Gasteiger partial charge in [0.2, 0.25) is 0 Å². The van der Waals surface area contributed by atoms with Gasteiger partial charge >= 0.3 is 0 Å². The van der Waals surface area contributed by atoms with Crippen molar-refractivity contribution in [2.24, 2.45) is 0 Å². The van der Waals surface area contributed by atoms with Crippen molar-refractivity contribution in [1.29, 1.82) is 0 Å². The molecule has 0 N–H and O–H groups in total. The van der Waals surface area contributed by atoms with Crippen molar-refractivity contribution in [3.63, 3.8) is 0 Å². The van der Waals surface area contributed by atoms with Gasteiger partial charge in [-0.3, -0.25) is 19.8 Å². The Morgan fingerprint density at radius 3 is 1.31 bits per heavy atom. The van der Waals surface area contributed by atoms with Crippen LogP contribution in [0.1, 0.15) is 25.0 Å². The van der Waals surface area contributed by atoms with Crippen molar-refractivity contribution in [2.75, 3.05) is 9.80 Å². The number of anilines is 2. The summed E-state index contributed by atoms with van der Waals surface area (Å²) in [5, 5.41) is 0. The summed E-state index contributed by atoms with van der Waals surface area (Å²) in [5.41, 5.74) is 5.61. The molecule has 2 aromatic carbocycles. The molecule has 4 aromatic rings. The van der Waals surface area contributed by atoms with Gasteiger partial charge in [-0.25, -0.2) is 0 Å². The molecule has 0 saturated carbocycles. The molecule has 6 nitrogen and oxygen atoms in total. The Labute approximate surface area is 210 Å². The van der Waals surface area contributed by atoms with E-state index in [1.807, 2.05) is 111 Å². The standard InChI is InChI=1S/C30H24N4O2/c1-21-27(23-11-5-3-6-12-23)35-29(33(21)25-15-9-17-31-19-25)30-34(26-16-10-18-32-20-26)22(2)28(36-30)24-13-7-4-8-14-24/h3-20H,1-2H3/b30-29+. The van der Waals surface area contributed by atoms with Crippen LogP contribution in [0.4, 0.5) is 11.4 Å². The smallest absolute Gasteiger partial charge is 0.267 e. The second-order valence-corrected chi connectivity index (χ2v) is 8.47. The number of hydrogen-bond acceptors (Lipinski definition) is 6. The lowest BCUT2D eigenvalue weighted by Gasteiger charge is -2.25. The lowest BCUT2D eigenvalue weighted by molar-refractivity contribution is 0.317. The van der Waals surface area contributed by atoms with Gasteiger partial charge in [-0.2, -0.15) is 0 Å². The predicted octanol–water partition coefficient (Wildman–Crippen LogP) is 6.75. The molecule has 2 aliphatic heterocycles. The molecule has 0 radical (unpaired) electrons. The highest BCUT2D eigenvalue weighted by Gasteiger charge is 2.39. The third-order valence-electron chi connectivity index (χ3n) is 6.19. The minimum absolute atomic E-state index is 0.563. The van der Waals surface area contributed by atoms with Gasteiger partial charge in [-0.05, 0) is 38.1 Å². The number of benzene rings is 2. The van der Waals surface area contributed by atoms with Crippen molar-refractivity contribution >= 4 is 22.9 Å². The summed E-state index contributed by atoms with van der Waals surface area (Å²) >= 11 is 0. The summed E-state index contributed by atoms with van der Waals surface area (Å²) in [7, 11) is 0. The molecule has 0 atom stereocenters. The Balaban J connectivity index is 1.55. The van der Waals surface area contributed by atoms with E-state index in [0.717, 1.165) is 45.4 Å². The zero-order valence-electron chi connectivity index (χ0n) is 20.0. The Morgan fingerprint density at radius 2 is 0.944 bits per heavy atom. The first-order chi connectivity index (χ1) is 17.7. The van der Waals surface area contributed by atoms with E-state index in [1.165, 1.54) is 0 Å². The summed E-state index contributed by atoms with van der Waals surface area (Å²) in [6, 6.07) is 28.0. The van der Waals surface area contributed by atoms with Crippen LogP contribution < -0.4 is 9.80 Å². The van der Waals surface area contributed by atoms with Gasteiger partial charge in [0.25, 0.3) is 11.8 Å². The second-order valence-electron chi connectivity index (χ2n) is 8.47. The number of aromatic nitrogens is 2. The van der Waals surface area contributed by atoms with Crippen molar-refractivity contribution < 1.29 is 9.47 Å². The molecule has 6 heteroatoms. The minimum atomic E-state index is 0.563. The monoisotopic (exact) mass is 472 g/mol. The first-order valence-electron chi connectivity index (χ1n) is 11.8. The van der Waals surface area contributed by atoms with Crippen LogP contribution in [0.2, 0.25) is 0 Å². The van der Waals surface area contributed by atoms with E-state index in [9.17, 15) is 0 Å². The van der Waals surface area contributed by atoms with Crippen molar-refractivity contribution in [1.82, 2.24) is 9.97 Å². The molecule has 0 unspecified atom stereocenters. The third kappa shape index (κ3) is 3.69. The molecule has 2 aliphatic rings. The summed E-state index contributed by atoms with van der Waals surface area (Å²) in [4.78, 5) is 12.8. The normalized spacial score (nSPS) is 17.5. The number of ether oxygens (including phenoxy) is 2. The van der Waals surface area contributed by atoms with E-state index in [4.69, 9.17) is 9.47 Å². The molecule has 36 heavy (non-hydrogen) atoms. The van der Waals surface area contributed by atoms with Crippen LogP contribution in [0.5, 0.6) is 0 Å². The summed E-state index contributed by atoms with van der Waals surface area (Å²) in [6.07, 6.45) is 7.17. The van der Waals surface area contributed by atoms with E-state index < -0.39 is 0 Å². The highest BCUT2D eigenvalue weighted by molar-refractivity contribution is 5.79. The maximum absolute atomic E-state index is 6.64. The van der Waals surface area contributed by atoms with E-state index in [1.54, 1.807) is 12.4 Å². The summed E-state index contributed by atoms with van der Waals surface area (Å²) in [6.45, 7) is 4.09. The average molecular weight is 473 g/mol. The van der Waals surface area contributed by atoms with E-state index in [0.29, 0.717) is 11.8 Å². The van der Waals surface area contributed by atoms with Gasteiger partial charge in [0.05, 0.1) is 35.2 Å². The number of pyridine rings is 2. The van der Waals surface area contributed by atoms with Gasteiger partial charge in [-0.1, -0.05) is 60.7 Å². The first-order valence-corrected chi connectivity index (χ1v) is 11.8. The van der Waals surface area contributed by atoms with E-state index in [-0.39, 0.29) is 0 Å².